The number of benzene rings is 1. The Morgan fingerprint density at radius 1 is 1.29 bits per heavy atom. The average molecular weight is 318 g/mol. The van der Waals surface area contributed by atoms with E-state index in [0.29, 0.717) is 11.4 Å². The van der Waals surface area contributed by atoms with Gasteiger partial charge in [0.05, 0.1) is 4.90 Å². The quantitative estimate of drug-likeness (QED) is 0.783. The smallest absolute Gasteiger partial charge is 0.207 e. The van der Waals surface area contributed by atoms with Crippen LogP contribution in [0.3, 0.4) is 0 Å². The molecule has 0 atom stereocenters. The Balaban J connectivity index is 2.29. The highest BCUT2D eigenvalue weighted by molar-refractivity contribution is 9.08. The fraction of sp³-hybridized carbons (Fsp3) is 0.500. The number of hydrogen-bond donors (Lipinski definition) is 0. The van der Waals surface area contributed by atoms with Crippen LogP contribution in [0.2, 0.25) is 0 Å². The molecule has 1 aromatic carbocycles. The van der Waals surface area contributed by atoms with E-state index in [-0.39, 0.29) is 6.04 Å². The first-order valence-corrected chi connectivity index (χ1v) is 8.32. The maximum Gasteiger partial charge on any atom is 0.243 e. The molecule has 0 aromatic heterocycles. The van der Waals surface area contributed by atoms with Crippen molar-refractivity contribution in [1.29, 1.82) is 0 Å². The number of halogens is 1. The predicted molar refractivity (Wildman–Crippen MR) is 71.7 cm³/mol. The molecular formula is C12H16BrNO2S. The zero-order chi connectivity index (χ0) is 12.5. The van der Waals surface area contributed by atoms with Crippen molar-refractivity contribution in [3.8, 4) is 0 Å². The van der Waals surface area contributed by atoms with E-state index < -0.39 is 10.0 Å². The van der Waals surface area contributed by atoms with Crippen molar-refractivity contribution in [3.05, 3.63) is 29.8 Å². The molecule has 0 unspecified atom stereocenters. The van der Waals surface area contributed by atoms with E-state index in [2.05, 4.69) is 15.9 Å². The monoisotopic (exact) mass is 317 g/mol. The molecule has 5 heteroatoms. The first kappa shape index (κ1) is 13.1. The van der Waals surface area contributed by atoms with Crippen molar-refractivity contribution in [2.75, 3.05) is 6.54 Å². The minimum Gasteiger partial charge on any atom is -0.207 e. The molecule has 0 spiro atoms. The number of sulfonamides is 1. The Bertz CT molecular complexity index is 480. The van der Waals surface area contributed by atoms with Crippen LogP contribution in [0.4, 0.5) is 0 Å². The number of nitrogens with zero attached hydrogens (tertiary/aromatic N) is 1. The van der Waals surface area contributed by atoms with Crippen LogP contribution in [-0.2, 0) is 15.4 Å². The molecule has 0 N–H and O–H groups in total. The zero-order valence-corrected chi connectivity index (χ0v) is 12.2. The Kier molecular flexibility index (Phi) is 3.90. The molecule has 0 radical (unpaired) electrons. The van der Waals surface area contributed by atoms with Crippen molar-refractivity contribution in [1.82, 2.24) is 4.31 Å². The van der Waals surface area contributed by atoms with Gasteiger partial charge >= 0.3 is 0 Å². The van der Waals surface area contributed by atoms with Crippen molar-refractivity contribution < 1.29 is 8.42 Å². The van der Waals surface area contributed by atoms with Crippen molar-refractivity contribution >= 4 is 26.0 Å². The van der Waals surface area contributed by atoms with Crippen LogP contribution in [0.5, 0.6) is 0 Å². The summed E-state index contributed by atoms with van der Waals surface area (Å²) in [6.07, 6.45) is 1.99. The summed E-state index contributed by atoms with van der Waals surface area (Å²) in [6, 6.07) is 7.31. The maximum absolute atomic E-state index is 12.4. The second-order valence-corrected chi connectivity index (χ2v) is 6.67. The fourth-order valence-electron chi connectivity index (χ4n) is 1.87. The van der Waals surface area contributed by atoms with E-state index in [4.69, 9.17) is 0 Å². The van der Waals surface area contributed by atoms with E-state index in [1.807, 2.05) is 19.1 Å². The Morgan fingerprint density at radius 3 is 2.29 bits per heavy atom. The molecular weight excluding hydrogens is 302 g/mol. The molecule has 17 heavy (non-hydrogen) atoms. The highest BCUT2D eigenvalue weighted by Crippen LogP contribution is 2.31. The van der Waals surface area contributed by atoms with Gasteiger partial charge in [0.1, 0.15) is 0 Å². The van der Waals surface area contributed by atoms with Crippen molar-refractivity contribution in [3.63, 3.8) is 0 Å². The second-order valence-electron chi connectivity index (χ2n) is 4.22. The number of hydrogen-bond acceptors (Lipinski definition) is 2. The van der Waals surface area contributed by atoms with E-state index in [1.165, 1.54) is 0 Å². The van der Waals surface area contributed by atoms with Crippen LogP contribution in [-0.4, -0.2) is 25.3 Å². The normalized spacial score (nSPS) is 16.4. The van der Waals surface area contributed by atoms with Gasteiger partial charge in [0.15, 0.2) is 0 Å². The van der Waals surface area contributed by atoms with Gasteiger partial charge in [0.2, 0.25) is 10.0 Å². The van der Waals surface area contributed by atoms with Gasteiger partial charge in [0.25, 0.3) is 0 Å². The highest BCUT2D eigenvalue weighted by Gasteiger charge is 2.36. The van der Waals surface area contributed by atoms with Crippen LogP contribution >= 0.6 is 15.9 Å². The lowest BCUT2D eigenvalue weighted by atomic mass is 10.2. The Morgan fingerprint density at radius 2 is 1.88 bits per heavy atom. The molecule has 1 aliphatic rings. The molecule has 1 saturated carbocycles. The summed E-state index contributed by atoms with van der Waals surface area (Å²) < 4.78 is 26.3. The van der Waals surface area contributed by atoms with Crippen molar-refractivity contribution in [2.45, 2.75) is 36.0 Å². The van der Waals surface area contributed by atoms with Gasteiger partial charge in [0, 0.05) is 17.9 Å². The predicted octanol–water partition coefficient (Wildman–Crippen LogP) is 2.75. The minimum atomic E-state index is -3.29. The van der Waals surface area contributed by atoms with Crippen LogP contribution < -0.4 is 0 Å². The maximum atomic E-state index is 12.4. The molecule has 1 fully saturated rings. The lowest BCUT2D eigenvalue weighted by Gasteiger charge is -2.19. The van der Waals surface area contributed by atoms with E-state index in [0.717, 1.165) is 23.7 Å². The van der Waals surface area contributed by atoms with Gasteiger partial charge in [-0.3, -0.25) is 0 Å². The third-order valence-electron chi connectivity index (χ3n) is 2.95. The molecule has 94 valence electrons. The van der Waals surface area contributed by atoms with E-state index in [9.17, 15) is 8.42 Å². The lowest BCUT2D eigenvalue weighted by molar-refractivity contribution is 0.421. The highest BCUT2D eigenvalue weighted by atomic mass is 79.9. The molecule has 3 nitrogen and oxygen atoms in total. The fourth-order valence-corrected chi connectivity index (χ4v) is 3.94. The molecule has 1 aliphatic carbocycles. The molecule has 2 rings (SSSR count). The van der Waals surface area contributed by atoms with Crippen LogP contribution in [0.25, 0.3) is 0 Å². The Hall–Kier alpha value is -0.390. The summed E-state index contributed by atoms with van der Waals surface area (Å²) in [5, 5.41) is 0.743. The van der Waals surface area contributed by atoms with Gasteiger partial charge in [-0.25, -0.2) is 8.42 Å². The van der Waals surface area contributed by atoms with Crippen molar-refractivity contribution in [2.24, 2.45) is 0 Å². The summed E-state index contributed by atoms with van der Waals surface area (Å²) in [7, 11) is -3.29. The van der Waals surface area contributed by atoms with Gasteiger partial charge in [-0.1, -0.05) is 35.0 Å². The molecule has 0 heterocycles. The van der Waals surface area contributed by atoms with Gasteiger partial charge < -0.3 is 0 Å². The molecule has 1 aromatic rings. The first-order valence-electron chi connectivity index (χ1n) is 5.76. The summed E-state index contributed by atoms with van der Waals surface area (Å²) in [5.74, 6) is 0. The van der Waals surface area contributed by atoms with Crippen LogP contribution in [0.1, 0.15) is 25.3 Å². The topological polar surface area (TPSA) is 37.4 Å². The summed E-state index contributed by atoms with van der Waals surface area (Å²) in [6.45, 7) is 2.44. The summed E-state index contributed by atoms with van der Waals surface area (Å²) in [5.41, 5.74) is 1.08. The zero-order valence-electron chi connectivity index (χ0n) is 9.77. The summed E-state index contributed by atoms with van der Waals surface area (Å²) in [4.78, 5) is 0.399. The SMILES string of the molecule is CCN(C1CC1)S(=O)(=O)c1ccc(CBr)cc1. The molecule has 0 amide bonds. The van der Waals surface area contributed by atoms with Gasteiger partial charge in [-0.2, -0.15) is 4.31 Å². The minimum absolute atomic E-state index is 0.223. The number of alkyl halides is 1. The van der Waals surface area contributed by atoms with E-state index in [1.54, 1.807) is 16.4 Å². The summed E-state index contributed by atoms with van der Waals surface area (Å²) >= 11 is 3.35. The van der Waals surface area contributed by atoms with Crippen LogP contribution in [0.15, 0.2) is 29.2 Å². The third kappa shape index (κ3) is 2.72. The lowest BCUT2D eigenvalue weighted by Crippen LogP contribution is -2.32. The van der Waals surface area contributed by atoms with Crippen LogP contribution in [0, 0.1) is 0 Å². The van der Waals surface area contributed by atoms with E-state index >= 15 is 0 Å². The second kappa shape index (κ2) is 5.08. The number of rotatable bonds is 5. The van der Waals surface area contributed by atoms with Gasteiger partial charge in [-0.15, -0.1) is 0 Å². The first-order chi connectivity index (χ1) is 8.09. The molecule has 0 aliphatic heterocycles. The standard InChI is InChI=1S/C12H16BrNO2S/c1-2-14(11-5-6-11)17(15,16)12-7-3-10(9-13)4-8-12/h3-4,7-8,11H,2,5-6,9H2,1H3. The van der Waals surface area contributed by atoms with Gasteiger partial charge in [-0.05, 0) is 30.5 Å². The molecule has 0 saturated heterocycles. The third-order valence-corrected chi connectivity index (χ3v) is 5.64. The Labute approximate surface area is 111 Å². The largest absolute Gasteiger partial charge is 0.243 e. The molecule has 0 bridgehead atoms. The average Bonchev–Trinajstić information content (AvgIpc) is 3.14.